The molecule has 0 saturated carbocycles. The molecular formula is C44H57N7O10. The second-order valence-electron chi connectivity index (χ2n) is 16.2. The molecule has 0 heterocycles. The van der Waals surface area contributed by atoms with Crippen LogP contribution in [-0.4, -0.2) is 89.3 Å². The third-order valence-corrected chi connectivity index (χ3v) is 10.5. The first-order chi connectivity index (χ1) is 28.9. The van der Waals surface area contributed by atoms with E-state index in [2.05, 4.69) is 26.6 Å². The van der Waals surface area contributed by atoms with E-state index in [9.17, 15) is 43.8 Å². The van der Waals surface area contributed by atoms with Crippen LogP contribution in [0.25, 0.3) is 11.1 Å². The number of carbonyl (C=O) groups is 7. The molecule has 1 aliphatic rings. The minimum absolute atomic E-state index is 0.0477. The maximum atomic E-state index is 13.8. The Morgan fingerprint density at radius 1 is 0.770 bits per heavy atom. The van der Waals surface area contributed by atoms with Gasteiger partial charge in [-0.15, -0.1) is 0 Å². The molecule has 0 aromatic heterocycles. The summed E-state index contributed by atoms with van der Waals surface area (Å²) < 4.78 is 5.60. The number of hydrogen-bond acceptors (Lipinski definition) is 9. The summed E-state index contributed by atoms with van der Waals surface area (Å²) in [5.74, 6) is -5.09. The Morgan fingerprint density at radius 2 is 1.36 bits per heavy atom. The molecule has 6 amide bonds. The lowest BCUT2D eigenvalue weighted by molar-refractivity contribution is -0.147. The van der Waals surface area contributed by atoms with Crippen molar-refractivity contribution in [2.75, 3.05) is 18.5 Å². The van der Waals surface area contributed by atoms with E-state index in [1.165, 1.54) is 0 Å². The smallest absolute Gasteiger partial charge is 0.407 e. The number of rotatable bonds is 22. The van der Waals surface area contributed by atoms with Crippen molar-refractivity contribution >= 4 is 47.5 Å². The van der Waals surface area contributed by atoms with Gasteiger partial charge in [-0.05, 0) is 91.8 Å². The number of fused-ring (bicyclic) bond motifs is 3. The average molecular weight is 844 g/mol. The van der Waals surface area contributed by atoms with Crippen LogP contribution < -0.4 is 38.1 Å². The van der Waals surface area contributed by atoms with Crippen molar-refractivity contribution in [1.82, 2.24) is 21.3 Å². The highest BCUT2D eigenvalue weighted by atomic mass is 16.5. The third kappa shape index (κ3) is 13.8. The van der Waals surface area contributed by atoms with Gasteiger partial charge >= 0.3 is 24.1 Å². The molecule has 0 radical (unpaired) electrons. The monoisotopic (exact) mass is 843 g/mol. The fraction of sp³-hybridized carbons (Fsp3) is 0.432. The highest BCUT2D eigenvalue weighted by molar-refractivity contribution is 5.99. The maximum absolute atomic E-state index is 13.8. The van der Waals surface area contributed by atoms with Crippen molar-refractivity contribution in [3.63, 3.8) is 0 Å². The van der Waals surface area contributed by atoms with E-state index in [0.717, 1.165) is 27.8 Å². The van der Waals surface area contributed by atoms with E-state index < -0.39 is 83.7 Å². The zero-order valence-electron chi connectivity index (χ0n) is 34.9. The predicted octanol–water partition coefficient (Wildman–Crippen LogP) is 3.84. The quantitative estimate of drug-likeness (QED) is 0.0655. The van der Waals surface area contributed by atoms with Gasteiger partial charge in [0.25, 0.3) is 0 Å². The van der Waals surface area contributed by atoms with Crippen LogP contribution in [0.4, 0.5) is 15.3 Å². The molecule has 3 aromatic carbocycles. The van der Waals surface area contributed by atoms with Gasteiger partial charge in [0.1, 0.15) is 24.7 Å². The normalized spacial score (nSPS) is 14.0. The summed E-state index contributed by atoms with van der Waals surface area (Å²) in [4.78, 5) is 88.7. The molecule has 11 N–H and O–H groups in total. The summed E-state index contributed by atoms with van der Waals surface area (Å²) in [6.07, 6.45) is -0.769. The molecular weight excluding hydrogens is 787 g/mol. The molecule has 0 fully saturated rings. The fourth-order valence-electron chi connectivity index (χ4n) is 7.23. The summed E-state index contributed by atoms with van der Waals surface area (Å²) in [6, 6.07) is 17.4. The molecule has 61 heavy (non-hydrogen) atoms. The number of carbonyl (C=O) groups excluding carboxylic acids is 5. The topological polar surface area (TPSA) is 281 Å². The molecule has 17 heteroatoms. The SMILES string of the molecule is CC(C)C(NC(=O)C(CCC(=O)O)NC(=O)OCC1c2ccccc2-c2ccccc21)C(=O)NC(CCCNC(N)=O)C(=O)Nc1ccc(CC(N)CC(C)(C)C(=O)O)cc1. The summed E-state index contributed by atoms with van der Waals surface area (Å²) in [5.41, 5.74) is 15.6. The van der Waals surface area contributed by atoms with Gasteiger partial charge in [-0.3, -0.25) is 24.0 Å². The zero-order valence-corrected chi connectivity index (χ0v) is 34.9. The number of nitrogens with two attached hydrogens (primary N) is 2. The van der Waals surface area contributed by atoms with Gasteiger partial charge in [0, 0.05) is 30.6 Å². The number of aliphatic carboxylic acids is 2. The second-order valence-corrected chi connectivity index (χ2v) is 16.2. The van der Waals surface area contributed by atoms with Crippen LogP contribution in [0.3, 0.4) is 0 Å². The Bertz CT molecular complexity index is 2010. The number of carboxylic acids is 2. The zero-order chi connectivity index (χ0) is 44.9. The molecule has 3 aromatic rings. The number of alkyl carbamates (subject to hydrolysis) is 1. The minimum Gasteiger partial charge on any atom is -0.481 e. The number of hydrogen-bond donors (Lipinski definition) is 9. The standard InChI is InChI=1S/C44H57N7O10/c1-25(2)37(51-39(55)35(19-20-36(52)53)50-43(60)61-24-33-31-12-7-5-10-29(31)30-11-6-8-13-32(30)33)40(56)49-34(14-9-21-47-42(46)59)38(54)48-28-17-15-26(16-18-28)22-27(45)23-44(3,4)41(57)58/h5-8,10-13,15-18,25,27,33-35,37H,9,14,19-24,45H2,1-4H3,(H,48,54)(H,49,56)(H,50,60)(H,51,55)(H,52,53)(H,57,58)(H3,46,47,59). The van der Waals surface area contributed by atoms with E-state index in [4.69, 9.17) is 16.2 Å². The predicted molar refractivity (Wildman–Crippen MR) is 227 cm³/mol. The number of primary amides is 1. The fourth-order valence-corrected chi connectivity index (χ4v) is 7.23. The van der Waals surface area contributed by atoms with Crippen molar-refractivity contribution in [1.29, 1.82) is 0 Å². The van der Waals surface area contributed by atoms with E-state index >= 15 is 0 Å². The first-order valence-corrected chi connectivity index (χ1v) is 20.2. The van der Waals surface area contributed by atoms with E-state index in [1.807, 2.05) is 48.5 Å². The van der Waals surface area contributed by atoms with Gasteiger partial charge in [0.05, 0.1) is 5.41 Å². The molecule has 17 nitrogen and oxygen atoms in total. The van der Waals surface area contributed by atoms with Crippen LogP contribution in [0.15, 0.2) is 72.8 Å². The van der Waals surface area contributed by atoms with Gasteiger partial charge < -0.3 is 53.0 Å². The summed E-state index contributed by atoms with van der Waals surface area (Å²) in [5, 5.41) is 31.9. The Morgan fingerprint density at radius 3 is 1.92 bits per heavy atom. The Labute approximate surface area is 354 Å². The molecule has 4 rings (SSSR count). The first kappa shape index (κ1) is 47.2. The van der Waals surface area contributed by atoms with Gasteiger partial charge in [0.15, 0.2) is 0 Å². The summed E-state index contributed by atoms with van der Waals surface area (Å²) >= 11 is 0. The lowest BCUT2D eigenvalue weighted by Gasteiger charge is -2.27. The number of anilines is 1. The van der Waals surface area contributed by atoms with Crippen LogP contribution in [-0.2, 0) is 35.1 Å². The lowest BCUT2D eigenvalue weighted by Crippen LogP contribution is -2.58. The molecule has 0 bridgehead atoms. The number of nitrogens with one attached hydrogen (secondary N) is 5. The maximum Gasteiger partial charge on any atom is 0.407 e. The van der Waals surface area contributed by atoms with Crippen LogP contribution in [0, 0.1) is 11.3 Å². The summed E-state index contributed by atoms with van der Waals surface area (Å²) in [7, 11) is 0. The van der Waals surface area contributed by atoms with Crippen molar-refractivity contribution in [3.05, 3.63) is 89.5 Å². The molecule has 0 aliphatic heterocycles. The Hall–Kier alpha value is -6.49. The Kier molecular flexibility index (Phi) is 16.8. The number of carboxylic acid groups (broad SMARTS) is 2. The van der Waals surface area contributed by atoms with Crippen LogP contribution >= 0.6 is 0 Å². The van der Waals surface area contributed by atoms with Crippen LogP contribution in [0.5, 0.6) is 0 Å². The minimum atomic E-state index is -1.39. The number of urea groups is 1. The van der Waals surface area contributed by atoms with E-state index in [-0.39, 0.29) is 44.8 Å². The summed E-state index contributed by atoms with van der Waals surface area (Å²) in [6.45, 7) is 6.61. The molecule has 0 spiro atoms. The average Bonchev–Trinajstić information content (AvgIpc) is 3.52. The van der Waals surface area contributed by atoms with Gasteiger partial charge in [-0.1, -0.05) is 74.5 Å². The highest BCUT2D eigenvalue weighted by Crippen LogP contribution is 2.44. The first-order valence-electron chi connectivity index (χ1n) is 20.2. The van der Waals surface area contributed by atoms with Gasteiger partial charge in [0.2, 0.25) is 17.7 Å². The molecule has 4 atom stereocenters. The number of amides is 6. The molecule has 1 aliphatic carbocycles. The van der Waals surface area contributed by atoms with Crippen molar-refractivity contribution in [2.45, 2.75) is 96.3 Å². The van der Waals surface area contributed by atoms with Crippen LogP contribution in [0.2, 0.25) is 0 Å². The largest absolute Gasteiger partial charge is 0.481 e. The Balaban J connectivity index is 1.42. The van der Waals surface area contributed by atoms with Crippen LogP contribution in [0.1, 0.15) is 82.4 Å². The second kappa shape index (κ2) is 21.7. The molecule has 0 saturated heterocycles. The molecule has 4 unspecified atom stereocenters. The van der Waals surface area contributed by atoms with E-state index in [1.54, 1.807) is 52.0 Å². The van der Waals surface area contributed by atoms with Gasteiger partial charge in [-0.2, -0.15) is 0 Å². The van der Waals surface area contributed by atoms with E-state index in [0.29, 0.717) is 12.1 Å². The van der Waals surface area contributed by atoms with Crippen molar-refractivity contribution in [3.8, 4) is 11.1 Å². The number of benzene rings is 3. The van der Waals surface area contributed by atoms with Crippen molar-refractivity contribution < 1.29 is 48.5 Å². The highest BCUT2D eigenvalue weighted by Gasteiger charge is 2.34. The molecule has 328 valence electrons. The number of ether oxygens (including phenoxy) is 1. The lowest BCUT2D eigenvalue weighted by atomic mass is 9.84. The van der Waals surface area contributed by atoms with Gasteiger partial charge in [-0.25, -0.2) is 9.59 Å². The third-order valence-electron chi connectivity index (χ3n) is 10.5. The van der Waals surface area contributed by atoms with Crippen molar-refractivity contribution in [2.24, 2.45) is 22.8 Å².